The summed E-state index contributed by atoms with van der Waals surface area (Å²) < 4.78 is 83.4. The lowest BCUT2D eigenvalue weighted by Crippen LogP contribution is -2.23. The van der Waals surface area contributed by atoms with E-state index in [1.54, 1.807) is 12.1 Å². The Labute approximate surface area is 228 Å². The number of hydrogen-bond donors (Lipinski definition) is 1. The SMILES string of the molecule is CC(C)c1nc2c(c(-c3ccc(F)cc3)c1C(F)c1ccc(C(F)(F)F)cc1)C(O)CC(c1ccc(F)cc1)C2. The quantitative estimate of drug-likeness (QED) is 0.249. The van der Waals surface area contributed by atoms with E-state index in [0.29, 0.717) is 34.5 Å². The van der Waals surface area contributed by atoms with E-state index < -0.39 is 29.8 Å². The molecule has 1 N–H and O–H groups in total. The zero-order valence-corrected chi connectivity index (χ0v) is 21.8. The van der Waals surface area contributed by atoms with Crippen LogP contribution in [-0.4, -0.2) is 10.1 Å². The lowest BCUT2D eigenvalue weighted by Gasteiger charge is -2.33. The number of rotatable bonds is 5. The summed E-state index contributed by atoms with van der Waals surface area (Å²) in [7, 11) is 0. The summed E-state index contributed by atoms with van der Waals surface area (Å²) >= 11 is 0. The first kappa shape index (κ1) is 27.9. The van der Waals surface area contributed by atoms with E-state index in [-0.39, 0.29) is 35.2 Å². The first-order valence-corrected chi connectivity index (χ1v) is 13.0. The van der Waals surface area contributed by atoms with Crippen molar-refractivity contribution in [1.29, 1.82) is 0 Å². The van der Waals surface area contributed by atoms with Crippen molar-refractivity contribution in [3.63, 3.8) is 0 Å². The summed E-state index contributed by atoms with van der Waals surface area (Å²) in [4.78, 5) is 4.84. The number of alkyl halides is 4. The van der Waals surface area contributed by atoms with Gasteiger partial charge in [0.2, 0.25) is 0 Å². The molecule has 40 heavy (non-hydrogen) atoms. The second-order valence-corrected chi connectivity index (χ2v) is 10.5. The minimum Gasteiger partial charge on any atom is -0.388 e. The molecule has 0 saturated carbocycles. The highest BCUT2D eigenvalue weighted by atomic mass is 19.4. The number of halogens is 6. The van der Waals surface area contributed by atoms with Crippen LogP contribution in [0.4, 0.5) is 26.3 Å². The van der Waals surface area contributed by atoms with Gasteiger partial charge < -0.3 is 5.11 Å². The molecule has 0 spiro atoms. The van der Waals surface area contributed by atoms with Gasteiger partial charge >= 0.3 is 6.18 Å². The molecular weight excluding hydrogens is 528 g/mol. The molecular formula is C32H27F6NO. The molecule has 0 bridgehead atoms. The predicted octanol–water partition coefficient (Wildman–Crippen LogP) is 8.99. The van der Waals surface area contributed by atoms with E-state index in [2.05, 4.69) is 0 Å². The fourth-order valence-corrected chi connectivity index (χ4v) is 5.52. The van der Waals surface area contributed by atoms with Crippen molar-refractivity contribution in [2.45, 2.75) is 57.0 Å². The molecule has 4 aromatic rings. The zero-order chi connectivity index (χ0) is 28.8. The number of fused-ring (bicyclic) bond motifs is 1. The Morgan fingerprint density at radius 3 is 1.98 bits per heavy atom. The zero-order valence-electron chi connectivity index (χ0n) is 21.8. The molecule has 3 unspecified atom stereocenters. The summed E-state index contributed by atoms with van der Waals surface area (Å²) in [6.07, 6.45) is -6.81. The van der Waals surface area contributed by atoms with Crippen molar-refractivity contribution in [2.24, 2.45) is 0 Å². The van der Waals surface area contributed by atoms with Crippen LogP contribution in [0, 0.1) is 11.6 Å². The van der Waals surface area contributed by atoms with Crippen molar-refractivity contribution in [2.75, 3.05) is 0 Å². The topological polar surface area (TPSA) is 33.1 Å². The van der Waals surface area contributed by atoms with Crippen LogP contribution < -0.4 is 0 Å². The highest BCUT2D eigenvalue weighted by Gasteiger charge is 2.36. The van der Waals surface area contributed by atoms with E-state index in [0.717, 1.165) is 29.8 Å². The summed E-state index contributed by atoms with van der Waals surface area (Å²) in [5.74, 6) is -1.32. The third-order valence-corrected chi connectivity index (χ3v) is 7.47. The third-order valence-electron chi connectivity index (χ3n) is 7.47. The van der Waals surface area contributed by atoms with Crippen molar-refractivity contribution in [1.82, 2.24) is 4.98 Å². The van der Waals surface area contributed by atoms with Gasteiger partial charge in [0.15, 0.2) is 6.17 Å². The van der Waals surface area contributed by atoms with Crippen LogP contribution in [0.5, 0.6) is 0 Å². The van der Waals surface area contributed by atoms with E-state index >= 15 is 4.39 Å². The molecule has 0 radical (unpaired) electrons. The van der Waals surface area contributed by atoms with Gasteiger partial charge in [0.1, 0.15) is 11.6 Å². The molecule has 0 aliphatic heterocycles. The number of hydrogen-bond acceptors (Lipinski definition) is 2. The molecule has 1 aliphatic rings. The lowest BCUT2D eigenvalue weighted by molar-refractivity contribution is -0.137. The Morgan fingerprint density at radius 2 is 1.43 bits per heavy atom. The molecule has 1 heterocycles. The number of aliphatic hydroxyl groups is 1. The molecule has 1 aliphatic carbocycles. The maximum absolute atomic E-state index is 16.5. The van der Waals surface area contributed by atoms with Crippen LogP contribution in [0.25, 0.3) is 11.1 Å². The van der Waals surface area contributed by atoms with Gasteiger partial charge in [0.05, 0.1) is 17.4 Å². The standard InChI is InChI=1S/C32H27F6NO/c1-17(2)31-29(30(35)20-3-9-22(10-4-20)32(36,37)38)27(19-7-13-24(34)14-8-19)28-25(39-31)15-21(16-26(28)40)18-5-11-23(33)12-6-18/h3-14,17,21,26,30,40H,15-16H2,1-2H3. The average molecular weight is 556 g/mol. The summed E-state index contributed by atoms with van der Waals surface area (Å²) in [5.41, 5.74) is 2.29. The van der Waals surface area contributed by atoms with Gasteiger partial charge in [-0.15, -0.1) is 0 Å². The highest BCUT2D eigenvalue weighted by Crippen LogP contribution is 2.48. The van der Waals surface area contributed by atoms with Crippen molar-refractivity contribution < 1.29 is 31.4 Å². The van der Waals surface area contributed by atoms with Crippen LogP contribution in [0.15, 0.2) is 72.8 Å². The van der Waals surface area contributed by atoms with Crippen LogP contribution in [0.2, 0.25) is 0 Å². The van der Waals surface area contributed by atoms with Crippen LogP contribution in [-0.2, 0) is 12.6 Å². The van der Waals surface area contributed by atoms with Gasteiger partial charge in [-0.25, -0.2) is 13.2 Å². The maximum atomic E-state index is 16.5. The van der Waals surface area contributed by atoms with E-state index in [1.807, 2.05) is 13.8 Å². The van der Waals surface area contributed by atoms with Gasteiger partial charge in [-0.3, -0.25) is 4.98 Å². The molecule has 208 valence electrons. The number of aliphatic hydroxyl groups excluding tert-OH is 1. The second-order valence-electron chi connectivity index (χ2n) is 10.5. The third kappa shape index (κ3) is 5.37. The highest BCUT2D eigenvalue weighted by molar-refractivity contribution is 5.75. The lowest BCUT2D eigenvalue weighted by atomic mass is 9.75. The monoisotopic (exact) mass is 555 g/mol. The Kier molecular flexibility index (Phi) is 7.48. The summed E-state index contributed by atoms with van der Waals surface area (Å²) in [6.45, 7) is 3.67. The van der Waals surface area contributed by atoms with E-state index in [1.165, 1.54) is 36.4 Å². The maximum Gasteiger partial charge on any atom is 0.416 e. The molecule has 3 aromatic carbocycles. The normalized spacial score (nSPS) is 18.1. The number of nitrogens with zero attached hydrogens (tertiary/aromatic N) is 1. The molecule has 2 nitrogen and oxygen atoms in total. The fourth-order valence-electron chi connectivity index (χ4n) is 5.52. The van der Waals surface area contributed by atoms with E-state index in [9.17, 15) is 27.1 Å². The molecule has 0 saturated heterocycles. The molecule has 5 rings (SSSR count). The van der Waals surface area contributed by atoms with Gasteiger partial charge in [0.25, 0.3) is 0 Å². The van der Waals surface area contributed by atoms with Crippen molar-refractivity contribution in [3.8, 4) is 11.1 Å². The van der Waals surface area contributed by atoms with Crippen molar-refractivity contribution >= 4 is 0 Å². The Bertz CT molecular complexity index is 1500. The van der Waals surface area contributed by atoms with Crippen LogP contribution in [0.1, 0.15) is 83.6 Å². The molecule has 8 heteroatoms. The molecule has 1 aromatic heterocycles. The van der Waals surface area contributed by atoms with Gasteiger partial charge in [-0.2, -0.15) is 13.2 Å². The summed E-state index contributed by atoms with van der Waals surface area (Å²) in [5, 5.41) is 11.4. The van der Waals surface area contributed by atoms with Crippen LogP contribution in [0.3, 0.4) is 0 Å². The molecule has 0 amide bonds. The van der Waals surface area contributed by atoms with Crippen LogP contribution >= 0.6 is 0 Å². The smallest absolute Gasteiger partial charge is 0.388 e. The van der Waals surface area contributed by atoms with Gasteiger partial charge in [-0.05, 0) is 83.3 Å². The first-order chi connectivity index (χ1) is 18.9. The second kappa shape index (κ2) is 10.7. The minimum absolute atomic E-state index is 0.00880. The van der Waals surface area contributed by atoms with Gasteiger partial charge in [0, 0.05) is 16.8 Å². The minimum atomic E-state index is -4.56. The average Bonchev–Trinajstić information content (AvgIpc) is 2.92. The van der Waals surface area contributed by atoms with Gasteiger partial charge in [-0.1, -0.05) is 50.2 Å². The Hall–Kier alpha value is -3.65. The number of benzene rings is 3. The fraction of sp³-hybridized carbons (Fsp3) is 0.281. The Balaban J connectivity index is 1.71. The van der Waals surface area contributed by atoms with Crippen molar-refractivity contribution in [3.05, 3.63) is 124 Å². The predicted molar refractivity (Wildman–Crippen MR) is 141 cm³/mol. The number of pyridine rings is 1. The molecule has 0 fully saturated rings. The number of aromatic nitrogens is 1. The first-order valence-electron chi connectivity index (χ1n) is 13.0. The van der Waals surface area contributed by atoms with E-state index in [4.69, 9.17) is 4.98 Å². The molecule has 3 atom stereocenters. The largest absolute Gasteiger partial charge is 0.416 e. The summed E-state index contributed by atoms with van der Waals surface area (Å²) in [6, 6.07) is 15.4. The Morgan fingerprint density at radius 1 is 0.850 bits per heavy atom.